The third kappa shape index (κ3) is 2.53. The lowest BCUT2D eigenvalue weighted by Gasteiger charge is -2.42. The maximum Gasteiger partial charge on any atom is 0.195 e. The van der Waals surface area contributed by atoms with Crippen LogP contribution in [0.4, 0.5) is 0 Å². The Kier molecular flexibility index (Phi) is 3.65. The Hall–Kier alpha value is -0.440. The highest BCUT2D eigenvalue weighted by Crippen LogP contribution is 2.25. The van der Waals surface area contributed by atoms with Crippen molar-refractivity contribution in [1.29, 1.82) is 0 Å². The first-order valence-corrected chi connectivity index (χ1v) is 5.74. The number of rotatable bonds is 3. The summed E-state index contributed by atoms with van der Waals surface area (Å²) >= 11 is 5.30. The third-order valence-electron chi connectivity index (χ3n) is 2.67. The average Bonchev–Trinajstić information content (AvgIpc) is 2.00. The van der Waals surface area contributed by atoms with Crippen LogP contribution in [0, 0.1) is 0 Å². The summed E-state index contributed by atoms with van der Waals surface area (Å²) in [6, 6.07) is 0. The Bertz CT molecular complexity index is 256. The molecule has 0 saturated carbocycles. The summed E-state index contributed by atoms with van der Waals surface area (Å²) in [7, 11) is 0. The summed E-state index contributed by atoms with van der Waals surface area (Å²) in [5.74, 6) is 0. The van der Waals surface area contributed by atoms with Crippen molar-refractivity contribution in [3.63, 3.8) is 0 Å². The monoisotopic (exact) mass is 212 g/mol. The average molecular weight is 212 g/mol. The molecule has 0 aromatic carbocycles. The number of thiocarbonyl (C=S) groups is 1. The van der Waals surface area contributed by atoms with Crippen LogP contribution >= 0.6 is 12.2 Å². The molecule has 0 radical (unpaired) electrons. The van der Waals surface area contributed by atoms with Crippen molar-refractivity contribution in [2.24, 2.45) is 4.99 Å². The fraction of sp³-hybridized carbons (Fsp3) is 0.818. The van der Waals surface area contributed by atoms with Gasteiger partial charge in [-0.15, -0.1) is 0 Å². The van der Waals surface area contributed by atoms with Crippen molar-refractivity contribution in [3.8, 4) is 0 Å². The van der Waals surface area contributed by atoms with E-state index in [0.29, 0.717) is 0 Å². The molecule has 3 heteroatoms. The first-order chi connectivity index (χ1) is 6.47. The van der Waals surface area contributed by atoms with E-state index in [9.17, 15) is 0 Å². The minimum atomic E-state index is 0.151. The van der Waals surface area contributed by atoms with Crippen LogP contribution in [0.1, 0.15) is 47.0 Å². The summed E-state index contributed by atoms with van der Waals surface area (Å²) in [4.78, 5) is 6.65. The van der Waals surface area contributed by atoms with Crippen molar-refractivity contribution in [2.45, 2.75) is 52.5 Å². The standard InChI is InChI=1S/C11H20N2S/c1-5-6-7-13-10(14)12-9(2)8-11(13,3)4/h5-8H2,1-4H3. The van der Waals surface area contributed by atoms with E-state index in [-0.39, 0.29) is 5.54 Å². The molecule has 1 aliphatic rings. The summed E-state index contributed by atoms with van der Waals surface area (Å²) in [5, 5.41) is 0.771. The molecule has 0 amide bonds. The molecule has 0 unspecified atom stereocenters. The van der Waals surface area contributed by atoms with Crippen molar-refractivity contribution in [3.05, 3.63) is 0 Å². The Morgan fingerprint density at radius 1 is 1.50 bits per heavy atom. The van der Waals surface area contributed by atoms with Gasteiger partial charge in [0.25, 0.3) is 0 Å². The van der Waals surface area contributed by atoms with Gasteiger partial charge in [0.05, 0.1) is 0 Å². The van der Waals surface area contributed by atoms with Gasteiger partial charge >= 0.3 is 0 Å². The molecule has 80 valence electrons. The van der Waals surface area contributed by atoms with Crippen LogP contribution in [0.3, 0.4) is 0 Å². The molecule has 0 bridgehead atoms. The van der Waals surface area contributed by atoms with Gasteiger partial charge in [0, 0.05) is 24.2 Å². The second-order valence-corrected chi connectivity index (χ2v) is 4.99. The van der Waals surface area contributed by atoms with Crippen molar-refractivity contribution in [1.82, 2.24) is 4.90 Å². The van der Waals surface area contributed by atoms with Crippen molar-refractivity contribution < 1.29 is 0 Å². The molecule has 1 rings (SSSR count). The normalized spacial score (nSPS) is 21.0. The zero-order valence-corrected chi connectivity index (χ0v) is 10.4. The van der Waals surface area contributed by atoms with Crippen LogP contribution in [0.2, 0.25) is 0 Å². The lowest BCUT2D eigenvalue weighted by Crippen LogP contribution is -2.50. The van der Waals surface area contributed by atoms with Gasteiger partial charge in [-0.05, 0) is 39.4 Å². The Balaban J connectivity index is 2.76. The smallest absolute Gasteiger partial charge is 0.195 e. The maximum absolute atomic E-state index is 5.30. The van der Waals surface area contributed by atoms with E-state index in [1.165, 1.54) is 12.8 Å². The highest BCUT2D eigenvalue weighted by molar-refractivity contribution is 7.80. The van der Waals surface area contributed by atoms with Gasteiger partial charge in [-0.1, -0.05) is 13.3 Å². The molecule has 0 aromatic heterocycles. The van der Waals surface area contributed by atoms with E-state index in [1.807, 2.05) is 0 Å². The van der Waals surface area contributed by atoms with E-state index in [0.717, 1.165) is 23.8 Å². The molecule has 1 heterocycles. The van der Waals surface area contributed by atoms with E-state index in [1.54, 1.807) is 0 Å². The third-order valence-corrected chi connectivity index (χ3v) is 2.98. The van der Waals surface area contributed by atoms with Crippen LogP contribution in [-0.4, -0.2) is 27.8 Å². The molecule has 0 atom stereocenters. The lowest BCUT2D eigenvalue weighted by atomic mass is 9.94. The highest BCUT2D eigenvalue weighted by Gasteiger charge is 2.32. The molecule has 14 heavy (non-hydrogen) atoms. The van der Waals surface area contributed by atoms with E-state index in [2.05, 4.69) is 37.6 Å². The topological polar surface area (TPSA) is 15.6 Å². The molecule has 0 spiro atoms. The van der Waals surface area contributed by atoms with Gasteiger partial charge in [0.1, 0.15) is 0 Å². The predicted molar refractivity (Wildman–Crippen MR) is 66.0 cm³/mol. The zero-order valence-electron chi connectivity index (χ0n) is 9.63. The van der Waals surface area contributed by atoms with Gasteiger partial charge in [0.15, 0.2) is 5.11 Å². The minimum Gasteiger partial charge on any atom is -0.342 e. The second-order valence-electron chi connectivity index (χ2n) is 4.62. The quantitative estimate of drug-likeness (QED) is 0.668. The fourth-order valence-corrected chi connectivity index (χ4v) is 2.45. The van der Waals surface area contributed by atoms with Crippen LogP contribution in [0.25, 0.3) is 0 Å². The van der Waals surface area contributed by atoms with E-state index >= 15 is 0 Å². The largest absolute Gasteiger partial charge is 0.342 e. The fourth-order valence-electron chi connectivity index (χ4n) is 1.96. The van der Waals surface area contributed by atoms with E-state index < -0.39 is 0 Å². The maximum atomic E-state index is 5.30. The van der Waals surface area contributed by atoms with Crippen LogP contribution < -0.4 is 0 Å². The second kappa shape index (κ2) is 4.39. The first-order valence-electron chi connectivity index (χ1n) is 5.33. The molecule has 0 saturated heterocycles. The highest BCUT2D eigenvalue weighted by atomic mass is 32.1. The van der Waals surface area contributed by atoms with Crippen molar-refractivity contribution in [2.75, 3.05) is 6.54 Å². The first kappa shape index (κ1) is 11.6. The SMILES string of the molecule is CCCCN1C(=S)N=C(C)CC1(C)C. The van der Waals surface area contributed by atoms with Gasteiger partial charge < -0.3 is 4.90 Å². The Morgan fingerprint density at radius 3 is 2.64 bits per heavy atom. The number of hydrogen-bond acceptors (Lipinski definition) is 1. The van der Waals surface area contributed by atoms with Gasteiger partial charge in [0.2, 0.25) is 0 Å². The molecular formula is C11H20N2S. The zero-order chi connectivity index (χ0) is 10.8. The van der Waals surface area contributed by atoms with Crippen LogP contribution in [0.5, 0.6) is 0 Å². The number of nitrogens with zero attached hydrogens (tertiary/aromatic N) is 2. The summed E-state index contributed by atoms with van der Waals surface area (Å²) in [6.07, 6.45) is 3.42. The molecule has 2 nitrogen and oxygen atoms in total. The summed E-state index contributed by atoms with van der Waals surface area (Å²) < 4.78 is 0. The predicted octanol–water partition coefficient (Wildman–Crippen LogP) is 3.02. The number of unbranched alkanes of at least 4 members (excludes halogenated alkanes) is 1. The Labute approximate surface area is 92.4 Å². The lowest BCUT2D eigenvalue weighted by molar-refractivity contribution is 0.215. The van der Waals surface area contributed by atoms with Crippen molar-refractivity contribution >= 4 is 23.0 Å². The van der Waals surface area contributed by atoms with Gasteiger partial charge in [-0.2, -0.15) is 0 Å². The number of aliphatic imine (C=N–C) groups is 1. The van der Waals surface area contributed by atoms with Crippen LogP contribution in [0.15, 0.2) is 4.99 Å². The molecular weight excluding hydrogens is 192 g/mol. The molecule has 0 fully saturated rings. The summed E-state index contributed by atoms with van der Waals surface area (Å²) in [6.45, 7) is 9.79. The number of hydrogen-bond donors (Lipinski definition) is 0. The van der Waals surface area contributed by atoms with Crippen LogP contribution in [-0.2, 0) is 0 Å². The molecule has 1 aliphatic heterocycles. The minimum absolute atomic E-state index is 0.151. The molecule has 0 aliphatic carbocycles. The molecule has 0 N–H and O–H groups in total. The van der Waals surface area contributed by atoms with E-state index in [4.69, 9.17) is 12.2 Å². The Morgan fingerprint density at radius 2 is 2.14 bits per heavy atom. The molecule has 0 aromatic rings. The van der Waals surface area contributed by atoms with Gasteiger partial charge in [-0.3, -0.25) is 0 Å². The summed E-state index contributed by atoms with van der Waals surface area (Å²) in [5.41, 5.74) is 1.31. The van der Waals surface area contributed by atoms with Gasteiger partial charge in [-0.25, -0.2) is 4.99 Å².